The van der Waals surface area contributed by atoms with Gasteiger partial charge < -0.3 is 20.5 Å². The standard InChI is InChI=1S/C13H24N2O4/c1-9(2)10(3)8-14-12(18)15-13(11(16)17)4-6-19-7-5-13/h9-10H,4-8H2,1-3H3,(H,16,17)(H2,14,15,18). The van der Waals surface area contributed by atoms with Crippen LogP contribution in [0.15, 0.2) is 0 Å². The molecule has 0 aromatic heterocycles. The van der Waals surface area contributed by atoms with Gasteiger partial charge in [-0.1, -0.05) is 20.8 Å². The highest BCUT2D eigenvalue weighted by molar-refractivity contribution is 5.86. The van der Waals surface area contributed by atoms with Crippen LogP contribution in [-0.4, -0.2) is 42.4 Å². The van der Waals surface area contributed by atoms with Crippen LogP contribution in [0.5, 0.6) is 0 Å². The van der Waals surface area contributed by atoms with E-state index < -0.39 is 17.5 Å². The summed E-state index contributed by atoms with van der Waals surface area (Å²) in [6.45, 7) is 7.47. The number of carbonyl (C=O) groups excluding carboxylic acids is 1. The summed E-state index contributed by atoms with van der Waals surface area (Å²) in [6, 6.07) is -0.420. The number of amides is 2. The average Bonchev–Trinajstić information content (AvgIpc) is 2.36. The molecule has 6 heteroatoms. The minimum Gasteiger partial charge on any atom is -0.480 e. The molecule has 1 saturated heterocycles. The Morgan fingerprint density at radius 1 is 1.26 bits per heavy atom. The van der Waals surface area contributed by atoms with E-state index in [0.717, 1.165) is 0 Å². The number of rotatable bonds is 5. The van der Waals surface area contributed by atoms with Gasteiger partial charge in [0.1, 0.15) is 5.54 Å². The van der Waals surface area contributed by atoms with Crippen LogP contribution in [0.3, 0.4) is 0 Å². The molecule has 1 unspecified atom stereocenters. The van der Waals surface area contributed by atoms with Gasteiger partial charge in [0.05, 0.1) is 0 Å². The lowest BCUT2D eigenvalue weighted by molar-refractivity contribution is -0.148. The number of hydrogen-bond donors (Lipinski definition) is 3. The van der Waals surface area contributed by atoms with Crippen molar-refractivity contribution in [3.8, 4) is 0 Å². The number of nitrogens with one attached hydrogen (secondary N) is 2. The number of carboxylic acid groups (broad SMARTS) is 1. The van der Waals surface area contributed by atoms with Crippen LogP contribution in [0.2, 0.25) is 0 Å². The zero-order valence-corrected chi connectivity index (χ0v) is 11.9. The molecule has 1 heterocycles. The SMILES string of the molecule is CC(C)C(C)CNC(=O)NC1(C(=O)O)CCOCC1. The molecule has 1 atom stereocenters. The second-order valence-corrected chi connectivity index (χ2v) is 5.56. The van der Waals surface area contributed by atoms with Gasteiger partial charge in [-0.3, -0.25) is 0 Å². The molecule has 19 heavy (non-hydrogen) atoms. The third kappa shape index (κ3) is 4.38. The summed E-state index contributed by atoms with van der Waals surface area (Å²) in [4.78, 5) is 23.2. The fraction of sp³-hybridized carbons (Fsp3) is 0.846. The highest BCUT2D eigenvalue weighted by atomic mass is 16.5. The van der Waals surface area contributed by atoms with E-state index in [-0.39, 0.29) is 0 Å². The summed E-state index contributed by atoms with van der Waals surface area (Å²) < 4.78 is 5.15. The monoisotopic (exact) mass is 272 g/mol. The van der Waals surface area contributed by atoms with E-state index in [1.165, 1.54) is 0 Å². The molecule has 0 saturated carbocycles. The normalized spacial score (nSPS) is 19.8. The highest BCUT2D eigenvalue weighted by Crippen LogP contribution is 2.21. The van der Waals surface area contributed by atoms with E-state index in [2.05, 4.69) is 24.5 Å². The summed E-state index contributed by atoms with van der Waals surface area (Å²) in [6.07, 6.45) is 0.602. The van der Waals surface area contributed by atoms with Crippen molar-refractivity contribution < 1.29 is 19.4 Å². The van der Waals surface area contributed by atoms with Crippen LogP contribution < -0.4 is 10.6 Å². The zero-order chi connectivity index (χ0) is 14.5. The van der Waals surface area contributed by atoms with Crippen molar-refractivity contribution in [2.75, 3.05) is 19.8 Å². The summed E-state index contributed by atoms with van der Waals surface area (Å²) >= 11 is 0. The lowest BCUT2D eigenvalue weighted by Gasteiger charge is -2.34. The first-order valence-corrected chi connectivity index (χ1v) is 6.74. The summed E-state index contributed by atoms with van der Waals surface area (Å²) in [5, 5.41) is 14.6. The third-order valence-electron chi connectivity index (χ3n) is 3.83. The number of carboxylic acids is 1. The van der Waals surface area contributed by atoms with Gasteiger partial charge in [0.25, 0.3) is 0 Å². The van der Waals surface area contributed by atoms with Crippen molar-refractivity contribution in [1.82, 2.24) is 10.6 Å². The molecule has 1 rings (SSSR count). The zero-order valence-electron chi connectivity index (χ0n) is 11.9. The quantitative estimate of drug-likeness (QED) is 0.702. The summed E-state index contributed by atoms with van der Waals surface area (Å²) in [5.74, 6) is -0.180. The molecule has 1 fully saturated rings. The van der Waals surface area contributed by atoms with E-state index in [1.54, 1.807) is 0 Å². The smallest absolute Gasteiger partial charge is 0.329 e. The maximum atomic E-state index is 11.8. The van der Waals surface area contributed by atoms with E-state index >= 15 is 0 Å². The second kappa shape index (κ2) is 6.75. The third-order valence-corrected chi connectivity index (χ3v) is 3.83. The van der Waals surface area contributed by atoms with Crippen LogP contribution in [-0.2, 0) is 9.53 Å². The lowest BCUT2D eigenvalue weighted by Crippen LogP contribution is -2.60. The van der Waals surface area contributed by atoms with Crippen molar-refractivity contribution in [3.63, 3.8) is 0 Å². The molecule has 0 bridgehead atoms. The van der Waals surface area contributed by atoms with Crippen LogP contribution in [0, 0.1) is 11.8 Å². The molecule has 0 aliphatic carbocycles. The molecular weight excluding hydrogens is 248 g/mol. The first-order chi connectivity index (χ1) is 8.87. The molecule has 0 aromatic carbocycles. The van der Waals surface area contributed by atoms with Crippen molar-refractivity contribution in [3.05, 3.63) is 0 Å². The van der Waals surface area contributed by atoms with Crippen LogP contribution in [0.4, 0.5) is 4.79 Å². The van der Waals surface area contributed by atoms with Crippen molar-refractivity contribution >= 4 is 12.0 Å². The Morgan fingerprint density at radius 3 is 2.32 bits per heavy atom. The fourth-order valence-electron chi connectivity index (χ4n) is 1.86. The highest BCUT2D eigenvalue weighted by Gasteiger charge is 2.41. The van der Waals surface area contributed by atoms with E-state index in [1.807, 2.05) is 6.92 Å². The Morgan fingerprint density at radius 2 is 1.84 bits per heavy atom. The van der Waals surface area contributed by atoms with Gasteiger partial charge in [0.2, 0.25) is 0 Å². The summed E-state index contributed by atoms with van der Waals surface area (Å²) in [7, 11) is 0. The van der Waals surface area contributed by atoms with Crippen molar-refractivity contribution in [2.45, 2.75) is 39.2 Å². The fourth-order valence-corrected chi connectivity index (χ4v) is 1.86. The minimum absolute atomic E-state index is 0.301. The van der Waals surface area contributed by atoms with Gasteiger partial charge in [-0.15, -0.1) is 0 Å². The Kier molecular flexibility index (Phi) is 5.60. The van der Waals surface area contributed by atoms with E-state index in [9.17, 15) is 14.7 Å². The van der Waals surface area contributed by atoms with E-state index in [0.29, 0.717) is 44.4 Å². The molecule has 6 nitrogen and oxygen atoms in total. The van der Waals surface area contributed by atoms with Gasteiger partial charge >= 0.3 is 12.0 Å². The predicted octanol–water partition coefficient (Wildman–Crippen LogP) is 1.21. The van der Waals surface area contributed by atoms with Gasteiger partial charge in [-0.05, 0) is 11.8 Å². The Balaban J connectivity index is 2.50. The van der Waals surface area contributed by atoms with Crippen LogP contribution >= 0.6 is 0 Å². The molecular formula is C13H24N2O4. The minimum atomic E-state index is -1.19. The Labute approximate surface area is 113 Å². The number of carbonyl (C=O) groups is 2. The number of urea groups is 1. The average molecular weight is 272 g/mol. The molecule has 0 aromatic rings. The van der Waals surface area contributed by atoms with Gasteiger partial charge in [0.15, 0.2) is 0 Å². The van der Waals surface area contributed by atoms with Crippen LogP contribution in [0.25, 0.3) is 0 Å². The maximum Gasteiger partial charge on any atom is 0.329 e. The topological polar surface area (TPSA) is 87.7 Å². The largest absolute Gasteiger partial charge is 0.480 e. The second-order valence-electron chi connectivity index (χ2n) is 5.56. The lowest BCUT2D eigenvalue weighted by atomic mass is 9.90. The maximum absolute atomic E-state index is 11.8. The number of hydrogen-bond acceptors (Lipinski definition) is 3. The first-order valence-electron chi connectivity index (χ1n) is 6.74. The Bertz CT molecular complexity index is 325. The molecule has 0 radical (unpaired) electrons. The molecule has 3 N–H and O–H groups in total. The molecule has 110 valence electrons. The molecule has 1 aliphatic rings. The first kappa shape index (κ1) is 15.8. The number of ether oxygens (including phenoxy) is 1. The summed E-state index contributed by atoms with van der Waals surface area (Å²) in [5.41, 5.74) is -1.19. The number of aliphatic carboxylic acids is 1. The van der Waals surface area contributed by atoms with Gasteiger partial charge in [0, 0.05) is 32.6 Å². The Hall–Kier alpha value is -1.30. The van der Waals surface area contributed by atoms with Crippen molar-refractivity contribution in [2.24, 2.45) is 11.8 Å². The molecule has 1 aliphatic heterocycles. The van der Waals surface area contributed by atoms with E-state index in [4.69, 9.17) is 4.74 Å². The predicted molar refractivity (Wildman–Crippen MR) is 71.0 cm³/mol. The molecule has 0 spiro atoms. The van der Waals surface area contributed by atoms with Gasteiger partial charge in [-0.25, -0.2) is 9.59 Å². The van der Waals surface area contributed by atoms with Crippen LogP contribution in [0.1, 0.15) is 33.6 Å². The van der Waals surface area contributed by atoms with Gasteiger partial charge in [-0.2, -0.15) is 0 Å². The van der Waals surface area contributed by atoms with Crippen molar-refractivity contribution in [1.29, 1.82) is 0 Å². The molecule has 2 amide bonds.